The number of rotatable bonds is 7. The van der Waals surface area contributed by atoms with Crippen molar-refractivity contribution in [3.8, 4) is 5.75 Å². The van der Waals surface area contributed by atoms with Crippen LogP contribution in [-0.2, 0) is 12.8 Å². The molecule has 1 N–H and O–H groups in total. The van der Waals surface area contributed by atoms with Gasteiger partial charge in [0.05, 0.1) is 18.8 Å². The van der Waals surface area contributed by atoms with Crippen LogP contribution in [-0.4, -0.2) is 11.7 Å². The van der Waals surface area contributed by atoms with Gasteiger partial charge in [0, 0.05) is 0 Å². The minimum Gasteiger partial charge on any atom is -0.493 e. The number of benzene rings is 1. The number of unbranched alkanes of at least 4 members (excludes halogenated alkanes) is 3. The Labute approximate surface area is 111 Å². The molecule has 0 fully saturated rings. The van der Waals surface area contributed by atoms with Crippen molar-refractivity contribution in [3.05, 3.63) is 29.3 Å². The average Bonchev–Trinajstić information content (AvgIpc) is 2.37. The van der Waals surface area contributed by atoms with Gasteiger partial charge in [-0.15, -0.1) is 0 Å². The predicted molar refractivity (Wildman–Crippen MR) is 67.0 cm³/mol. The Balaban J connectivity index is 2.71. The number of aliphatic hydroxyl groups is 1. The molecular formula is C14H19F3O2. The molecule has 19 heavy (non-hydrogen) atoms. The Morgan fingerprint density at radius 3 is 2.47 bits per heavy atom. The van der Waals surface area contributed by atoms with E-state index < -0.39 is 18.3 Å². The van der Waals surface area contributed by atoms with Crippen LogP contribution in [0.15, 0.2) is 18.2 Å². The molecule has 0 saturated heterocycles. The molecule has 1 rings (SSSR count). The summed E-state index contributed by atoms with van der Waals surface area (Å²) >= 11 is 0. The van der Waals surface area contributed by atoms with Gasteiger partial charge in [-0.05, 0) is 24.1 Å². The van der Waals surface area contributed by atoms with Crippen LogP contribution < -0.4 is 4.74 Å². The van der Waals surface area contributed by atoms with Crippen LogP contribution in [0.3, 0.4) is 0 Å². The highest BCUT2D eigenvalue weighted by molar-refractivity contribution is 5.39. The summed E-state index contributed by atoms with van der Waals surface area (Å²) < 4.78 is 43.7. The molecule has 0 aliphatic carbocycles. The van der Waals surface area contributed by atoms with E-state index in [1.807, 2.05) is 0 Å². The smallest absolute Gasteiger partial charge is 0.419 e. The summed E-state index contributed by atoms with van der Waals surface area (Å²) in [6, 6.07) is 3.65. The van der Waals surface area contributed by atoms with E-state index in [0.29, 0.717) is 0 Å². The van der Waals surface area contributed by atoms with Crippen LogP contribution in [0.25, 0.3) is 0 Å². The fourth-order valence-electron chi connectivity index (χ4n) is 1.73. The van der Waals surface area contributed by atoms with Crippen molar-refractivity contribution in [3.63, 3.8) is 0 Å². The van der Waals surface area contributed by atoms with E-state index in [2.05, 4.69) is 6.92 Å². The van der Waals surface area contributed by atoms with Crippen LogP contribution in [0.1, 0.15) is 43.7 Å². The molecule has 1 aromatic rings. The first-order valence-corrected chi connectivity index (χ1v) is 6.42. The standard InChI is InChI=1S/C14H19F3O2/c1-2-3-4-5-8-19-13-7-6-11(10-18)9-12(13)14(15,16)17/h6-7,9,18H,2-5,8,10H2,1H3. The Hall–Kier alpha value is -1.23. The summed E-state index contributed by atoms with van der Waals surface area (Å²) in [4.78, 5) is 0. The third-order valence-electron chi connectivity index (χ3n) is 2.79. The zero-order valence-electron chi connectivity index (χ0n) is 11.0. The minimum atomic E-state index is -4.47. The molecule has 0 heterocycles. The predicted octanol–water partition coefficient (Wildman–Crippen LogP) is 4.16. The summed E-state index contributed by atoms with van der Waals surface area (Å²) in [5, 5.41) is 8.88. The van der Waals surface area contributed by atoms with Crippen molar-refractivity contribution in [2.75, 3.05) is 6.61 Å². The molecule has 0 aliphatic rings. The Morgan fingerprint density at radius 2 is 1.89 bits per heavy atom. The van der Waals surface area contributed by atoms with Crippen LogP contribution in [0.4, 0.5) is 13.2 Å². The molecule has 0 radical (unpaired) electrons. The number of hydrogen-bond donors (Lipinski definition) is 1. The van der Waals surface area contributed by atoms with E-state index >= 15 is 0 Å². The summed E-state index contributed by atoms with van der Waals surface area (Å²) in [6.07, 6.45) is -0.651. The molecule has 5 heteroatoms. The first-order valence-electron chi connectivity index (χ1n) is 6.42. The number of ether oxygens (including phenoxy) is 1. The van der Waals surface area contributed by atoms with Gasteiger partial charge < -0.3 is 9.84 Å². The number of aliphatic hydroxyl groups excluding tert-OH is 1. The lowest BCUT2D eigenvalue weighted by Gasteiger charge is -2.15. The van der Waals surface area contributed by atoms with E-state index in [1.165, 1.54) is 12.1 Å². The summed E-state index contributed by atoms with van der Waals surface area (Å²) in [5.41, 5.74) is -0.597. The van der Waals surface area contributed by atoms with Gasteiger partial charge in [0.2, 0.25) is 0 Å². The van der Waals surface area contributed by atoms with Gasteiger partial charge in [0.1, 0.15) is 5.75 Å². The largest absolute Gasteiger partial charge is 0.493 e. The maximum Gasteiger partial charge on any atom is 0.419 e. The molecule has 0 saturated carbocycles. The van der Waals surface area contributed by atoms with Gasteiger partial charge in [-0.3, -0.25) is 0 Å². The topological polar surface area (TPSA) is 29.5 Å². The fraction of sp³-hybridized carbons (Fsp3) is 0.571. The monoisotopic (exact) mass is 276 g/mol. The van der Waals surface area contributed by atoms with Crippen molar-refractivity contribution in [1.29, 1.82) is 0 Å². The van der Waals surface area contributed by atoms with Crippen molar-refractivity contribution >= 4 is 0 Å². The molecule has 0 unspecified atom stereocenters. The van der Waals surface area contributed by atoms with Gasteiger partial charge in [-0.25, -0.2) is 0 Å². The highest BCUT2D eigenvalue weighted by atomic mass is 19.4. The first kappa shape index (κ1) is 15.8. The van der Waals surface area contributed by atoms with Crippen LogP contribution in [0.5, 0.6) is 5.75 Å². The highest BCUT2D eigenvalue weighted by Crippen LogP contribution is 2.36. The van der Waals surface area contributed by atoms with Crippen LogP contribution >= 0.6 is 0 Å². The molecule has 0 aromatic heterocycles. The lowest BCUT2D eigenvalue weighted by atomic mass is 10.1. The summed E-state index contributed by atoms with van der Waals surface area (Å²) in [5.74, 6) is -0.166. The Morgan fingerprint density at radius 1 is 1.16 bits per heavy atom. The molecule has 0 amide bonds. The molecule has 2 nitrogen and oxygen atoms in total. The van der Waals surface area contributed by atoms with Gasteiger partial charge >= 0.3 is 6.18 Å². The van der Waals surface area contributed by atoms with E-state index in [9.17, 15) is 13.2 Å². The van der Waals surface area contributed by atoms with E-state index in [-0.39, 0.29) is 17.9 Å². The second-order valence-corrected chi connectivity index (χ2v) is 4.40. The molecular weight excluding hydrogens is 257 g/mol. The SMILES string of the molecule is CCCCCCOc1ccc(CO)cc1C(F)(F)F. The maximum absolute atomic E-state index is 12.8. The number of halogens is 3. The van der Waals surface area contributed by atoms with Crippen molar-refractivity contribution in [2.24, 2.45) is 0 Å². The third-order valence-corrected chi connectivity index (χ3v) is 2.79. The molecule has 0 bridgehead atoms. The van der Waals surface area contributed by atoms with Crippen LogP contribution in [0, 0.1) is 0 Å². The van der Waals surface area contributed by atoms with E-state index in [0.717, 1.165) is 31.7 Å². The molecule has 0 atom stereocenters. The molecule has 108 valence electrons. The van der Waals surface area contributed by atoms with Gasteiger partial charge in [-0.1, -0.05) is 32.3 Å². The lowest BCUT2D eigenvalue weighted by molar-refractivity contribution is -0.139. The van der Waals surface area contributed by atoms with Crippen LogP contribution in [0.2, 0.25) is 0 Å². The minimum absolute atomic E-state index is 0.166. The van der Waals surface area contributed by atoms with E-state index in [1.54, 1.807) is 0 Å². The van der Waals surface area contributed by atoms with Gasteiger partial charge in [0.15, 0.2) is 0 Å². The highest BCUT2D eigenvalue weighted by Gasteiger charge is 2.34. The van der Waals surface area contributed by atoms with Crippen molar-refractivity contribution in [2.45, 2.75) is 45.4 Å². The molecule has 0 spiro atoms. The fourth-order valence-corrected chi connectivity index (χ4v) is 1.73. The summed E-state index contributed by atoms with van der Waals surface area (Å²) in [7, 11) is 0. The lowest BCUT2D eigenvalue weighted by Crippen LogP contribution is -2.10. The average molecular weight is 276 g/mol. The Bertz CT molecular complexity index is 389. The van der Waals surface area contributed by atoms with Gasteiger partial charge in [-0.2, -0.15) is 13.2 Å². The first-order chi connectivity index (χ1) is 8.99. The quantitative estimate of drug-likeness (QED) is 0.758. The molecule has 0 aliphatic heterocycles. The van der Waals surface area contributed by atoms with E-state index in [4.69, 9.17) is 9.84 Å². The van der Waals surface area contributed by atoms with Crippen molar-refractivity contribution in [1.82, 2.24) is 0 Å². The normalized spacial score (nSPS) is 11.6. The maximum atomic E-state index is 12.8. The second-order valence-electron chi connectivity index (χ2n) is 4.40. The van der Waals surface area contributed by atoms with Gasteiger partial charge in [0.25, 0.3) is 0 Å². The Kier molecular flexibility index (Phi) is 6.15. The second kappa shape index (κ2) is 7.38. The zero-order valence-corrected chi connectivity index (χ0v) is 11.0. The summed E-state index contributed by atoms with van der Waals surface area (Å²) in [6.45, 7) is 1.93. The third kappa shape index (κ3) is 5.11. The molecule has 1 aromatic carbocycles. The number of alkyl halides is 3. The number of hydrogen-bond acceptors (Lipinski definition) is 2. The zero-order chi connectivity index (χ0) is 14.3. The van der Waals surface area contributed by atoms with Crippen molar-refractivity contribution < 1.29 is 23.0 Å².